The van der Waals surface area contributed by atoms with Gasteiger partial charge in [0.2, 0.25) is 0 Å². The zero-order valence-electron chi connectivity index (χ0n) is 12.3. The predicted molar refractivity (Wildman–Crippen MR) is 79.7 cm³/mol. The minimum Gasteiger partial charge on any atom is -0.384 e. The highest BCUT2D eigenvalue weighted by molar-refractivity contribution is 5.94. The molecule has 0 fully saturated rings. The predicted octanol–water partition coefficient (Wildman–Crippen LogP) is 1.20. The van der Waals surface area contributed by atoms with E-state index in [0.717, 1.165) is 18.7 Å². The maximum atomic E-state index is 12.1. The van der Waals surface area contributed by atoms with Crippen LogP contribution in [0, 0.1) is 0 Å². The van der Waals surface area contributed by atoms with Crippen LogP contribution in [-0.2, 0) is 6.54 Å². The Morgan fingerprint density at radius 3 is 2.90 bits per heavy atom. The number of carbonyl (C=O) groups excluding carboxylic acids is 1. The van der Waals surface area contributed by atoms with E-state index in [9.17, 15) is 4.79 Å². The zero-order valence-corrected chi connectivity index (χ0v) is 12.3. The molecule has 2 heterocycles. The first-order chi connectivity index (χ1) is 10.1. The molecule has 0 atom stereocenters. The van der Waals surface area contributed by atoms with Crippen LogP contribution in [0.3, 0.4) is 0 Å². The van der Waals surface area contributed by atoms with Gasteiger partial charge in [-0.1, -0.05) is 19.1 Å². The highest BCUT2D eigenvalue weighted by Crippen LogP contribution is 2.15. The third kappa shape index (κ3) is 4.27. The number of carbonyl (C=O) groups is 1. The molecule has 0 bridgehead atoms. The van der Waals surface area contributed by atoms with Gasteiger partial charge >= 0.3 is 0 Å². The van der Waals surface area contributed by atoms with Gasteiger partial charge < -0.3 is 11.1 Å². The molecule has 0 aliphatic carbocycles. The van der Waals surface area contributed by atoms with Gasteiger partial charge in [-0.15, -0.1) is 5.10 Å². The number of anilines is 1. The molecule has 7 heteroatoms. The van der Waals surface area contributed by atoms with Crippen molar-refractivity contribution in [2.24, 2.45) is 0 Å². The Hall–Kier alpha value is -2.44. The smallest absolute Gasteiger partial charge is 0.251 e. The quantitative estimate of drug-likeness (QED) is 0.778. The first-order valence-corrected chi connectivity index (χ1v) is 6.96. The Morgan fingerprint density at radius 1 is 1.43 bits per heavy atom. The molecular formula is C14H20N6O. The maximum Gasteiger partial charge on any atom is 0.251 e. The van der Waals surface area contributed by atoms with Crippen molar-refractivity contribution < 1.29 is 4.79 Å². The van der Waals surface area contributed by atoms with Crippen LogP contribution in [0.5, 0.6) is 0 Å². The number of aromatic nitrogens is 4. The van der Waals surface area contributed by atoms with Gasteiger partial charge in [0.15, 0.2) is 0 Å². The number of rotatable bonds is 6. The van der Waals surface area contributed by atoms with Gasteiger partial charge in [-0.2, -0.15) is 0 Å². The van der Waals surface area contributed by atoms with Crippen LogP contribution >= 0.6 is 0 Å². The van der Waals surface area contributed by atoms with Crippen molar-refractivity contribution in [2.45, 2.75) is 32.7 Å². The van der Waals surface area contributed by atoms with Crippen LogP contribution in [0.4, 0.5) is 5.82 Å². The van der Waals surface area contributed by atoms with E-state index >= 15 is 0 Å². The fraction of sp³-hybridized carbons (Fsp3) is 0.429. The topological polar surface area (TPSA) is 98.7 Å². The molecule has 0 radical (unpaired) electrons. The molecule has 0 aliphatic rings. The highest BCUT2D eigenvalue weighted by atomic mass is 16.1. The minimum absolute atomic E-state index is 0.135. The summed E-state index contributed by atoms with van der Waals surface area (Å²) in [6, 6.07) is 3.38. The lowest BCUT2D eigenvalue weighted by molar-refractivity contribution is 0.0952. The first-order valence-electron chi connectivity index (χ1n) is 6.96. The normalized spacial score (nSPS) is 10.8. The number of aryl methyl sites for hydroxylation is 1. The molecule has 2 aromatic rings. The van der Waals surface area contributed by atoms with Crippen LogP contribution < -0.4 is 11.1 Å². The Bertz CT molecular complexity index is 594. The lowest BCUT2D eigenvalue weighted by Crippen LogP contribution is -2.25. The summed E-state index contributed by atoms with van der Waals surface area (Å²) in [5.41, 5.74) is 7.11. The second-order valence-corrected chi connectivity index (χ2v) is 5.14. The molecule has 0 saturated carbocycles. The minimum atomic E-state index is -0.135. The van der Waals surface area contributed by atoms with Crippen LogP contribution in [0.25, 0.3) is 0 Å². The van der Waals surface area contributed by atoms with Gasteiger partial charge in [0.05, 0.1) is 6.20 Å². The van der Waals surface area contributed by atoms with Crippen LogP contribution in [0.15, 0.2) is 24.5 Å². The van der Waals surface area contributed by atoms with Crippen molar-refractivity contribution in [3.63, 3.8) is 0 Å². The van der Waals surface area contributed by atoms with E-state index in [4.69, 9.17) is 5.73 Å². The van der Waals surface area contributed by atoms with Gasteiger partial charge in [0.25, 0.3) is 5.91 Å². The Morgan fingerprint density at radius 2 is 2.24 bits per heavy atom. The molecule has 2 aromatic heterocycles. The van der Waals surface area contributed by atoms with Crippen molar-refractivity contribution in [1.29, 1.82) is 0 Å². The van der Waals surface area contributed by atoms with Crippen LogP contribution in [0.1, 0.15) is 42.2 Å². The molecule has 112 valence electrons. The van der Waals surface area contributed by atoms with E-state index in [1.54, 1.807) is 29.2 Å². The van der Waals surface area contributed by atoms with Crippen molar-refractivity contribution in [1.82, 2.24) is 25.3 Å². The highest BCUT2D eigenvalue weighted by Gasteiger charge is 2.10. The summed E-state index contributed by atoms with van der Waals surface area (Å²) in [5, 5.41) is 10.5. The van der Waals surface area contributed by atoms with Crippen molar-refractivity contribution in [3.05, 3.63) is 35.8 Å². The number of pyridine rings is 1. The monoisotopic (exact) mass is 288 g/mol. The zero-order chi connectivity index (χ0) is 15.2. The number of nitrogens with zero attached hydrogens (tertiary/aromatic N) is 4. The van der Waals surface area contributed by atoms with E-state index in [1.165, 1.54) is 0 Å². The van der Waals surface area contributed by atoms with E-state index in [0.29, 0.717) is 17.9 Å². The van der Waals surface area contributed by atoms with Gasteiger partial charge in [0, 0.05) is 30.5 Å². The molecule has 0 spiro atoms. The van der Waals surface area contributed by atoms with Crippen molar-refractivity contribution >= 4 is 11.7 Å². The van der Waals surface area contributed by atoms with E-state index in [-0.39, 0.29) is 11.8 Å². The third-order valence-corrected chi connectivity index (χ3v) is 3.04. The lowest BCUT2D eigenvalue weighted by Gasteiger charge is -2.09. The number of hydrogen-bond donors (Lipinski definition) is 2. The molecule has 1 amide bonds. The number of nitrogen functional groups attached to an aromatic ring is 1. The largest absolute Gasteiger partial charge is 0.384 e. The van der Waals surface area contributed by atoms with E-state index in [2.05, 4.69) is 20.6 Å². The Balaban J connectivity index is 1.88. The molecule has 3 N–H and O–H groups in total. The number of nitrogens with two attached hydrogens (primary N) is 1. The van der Waals surface area contributed by atoms with Crippen LogP contribution in [-0.4, -0.2) is 32.4 Å². The molecule has 0 aromatic carbocycles. The van der Waals surface area contributed by atoms with Crippen molar-refractivity contribution in [3.8, 4) is 0 Å². The average Bonchev–Trinajstić information content (AvgIpc) is 2.95. The molecule has 0 aliphatic heterocycles. The third-order valence-electron chi connectivity index (χ3n) is 3.04. The van der Waals surface area contributed by atoms with Crippen molar-refractivity contribution in [2.75, 3.05) is 12.3 Å². The standard InChI is InChI=1S/C14H20N6O/c1-10(2)12-8-11(9-13(15)18-12)14(21)16-4-3-6-20-7-5-17-19-20/h5,7-10H,3-4,6H2,1-2H3,(H2,15,18)(H,16,21). The van der Waals surface area contributed by atoms with E-state index in [1.807, 2.05) is 13.8 Å². The Labute approximate surface area is 123 Å². The summed E-state index contributed by atoms with van der Waals surface area (Å²) in [6.07, 6.45) is 4.21. The maximum absolute atomic E-state index is 12.1. The summed E-state index contributed by atoms with van der Waals surface area (Å²) < 4.78 is 1.73. The van der Waals surface area contributed by atoms with Gasteiger partial charge in [0.1, 0.15) is 5.82 Å². The van der Waals surface area contributed by atoms with Crippen LogP contribution in [0.2, 0.25) is 0 Å². The molecule has 0 unspecified atom stereocenters. The molecule has 0 saturated heterocycles. The van der Waals surface area contributed by atoms with Gasteiger partial charge in [-0.05, 0) is 24.5 Å². The summed E-state index contributed by atoms with van der Waals surface area (Å²) in [7, 11) is 0. The molecule has 7 nitrogen and oxygen atoms in total. The summed E-state index contributed by atoms with van der Waals surface area (Å²) >= 11 is 0. The van der Waals surface area contributed by atoms with E-state index < -0.39 is 0 Å². The average molecular weight is 288 g/mol. The first kappa shape index (κ1) is 15.0. The SMILES string of the molecule is CC(C)c1cc(C(=O)NCCCn2ccnn2)cc(N)n1. The lowest BCUT2D eigenvalue weighted by atomic mass is 10.1. The summed E-state index contributed by atoms with van der Waals surface area (Å²) in [4.78, 5) is 16.3. The summed E-state index contributed by atoms with van der Waals surface area (Å²) in [6.45, 7) is 5.32. The number of hydrogen-bond acceptors (Lipinski definition) is 5. The number of amides is 1. The fourth-order valence-electron chi connectivity index (χ4n) is 1.90. The Kier molecular flexibility index (Phi) is 4.86. The molecular weight excluding hydrogens is 268 g/mol. The fourth-order valence-corrected chi connectivity index (χ4v) is 1.90. The molecule has 21 heavy (non-hydrogen) atoms. The van der Waals surface area contributed by atoms with Gasteiger partial charge in [-0.3, -0.25) is 9.48 Å². The van der Waals surface area contributed by atoms with Gasteiger partial charge in [-0.25, -0.2) is 4.98 Å². The summed E-state index contributed by atoms with van der Waals surface area (Å²) in [5.74, 6) is 0.464. The number of nitrogens with one attached hydrogen (secondary N) is 1. The second-order valence-electron chi connectivity index (χ2n) is 5.14. The molecule has 2 rings (SSSR count). The second kappa shape index (κ2) is 6.83.